The Labute approximate surface area is 202 Å². The zero-order valence-corrected chi connectivity index (χ0v) is 21.2. The average molecular weight is 543 g/mol. The highest BCUT2D eigenvalue weighted by molar-refractivity contribution is 14.0. The second kappa shape index (κ2) is 12.3. The molecule has 0 bridgehead atoms. The van der Waals surface area contributed by atoms with Crippen LogP contribution in [0.3, 0.4) is 0 Å². The van der Waals surface area contributed by atoms with E-state index < -0.39 is 0 Å². The quantitative estimate of drug-likeness (QED) is 0.254. The van der Waals surface area contributed by atoms with E-state index in [9.17, 15) is 4.39 Å². The predicted octanol–water partition coefficient (Wildman–Crippen LogP) is 4.90. The number of imidazole rings is 1. The van der Waals surface area contributed by atoms with E-state index >= 15 is 0 Å². The van der Waals surface area contributed by atoms with Crippen molar-refractivity contribution in [2.45, 2.75) is 59.7 Å². The van der Waals surface area contributed by atoms with E-state index in [1.165, 1.54) is 12.8 Å². The summed E-state index contributed by atoms with van der Waals surface area (Å²) in [6.07, 6.45) is 6.17. The van der Waals surface area contributed by atoms with Gasteiger partial charge in [0.15, 0.2) is 17.5 Å². The molecule has 1 heterocycles. The molecule has 0 radical (unpaired) electrons. The first-order valence-corrected chi connectivity index (χ1v) is 10.9. The average Bonchev–Trinajstić information content (AvgIpc) is 3.43. The highest BCUT2D eigenvalue weighted by atomic mass is 127. The molecule has 1 unspecified atom stereocenters. The second-order valence-electron chi connectivity index (χ2n) is 8.40. The van der Waals surface area contributed by atoms with Crippen molar-refractivity contribution in [2.24, 2.45) is 16.8 Å². The molecular weight excluding hydrogens is 508 g/mol. The highest BCUT2D eigenvalue weighted by Gasteiger charge is 2.22. The standard InChI is InChI=1S/C23H34FN5O.HI/c1-5-25-23(27-13-22-26-10-11-29(22)14-16(2)3)28-17(4)19-8-9-21(20(24)12-19)30-15-18-6-7-18;/h8-12,16-18H,5-7,13-15H2,1-4H3,(H2,25,27,28);1H. The lowest BCUT2D eigenvalue weighted by molar-refractivity contribution is 0.285. The molecule has 2 aromatic rings. The number of aromatic nitrogens is 2. The van der Waals surface area contributed by atoms with Crippen LogP contribution < -0.4 is 15.4 Å². The van der Waals surface area contributed by atoms with E-state index in [1.54, 1.807) is 12.1 Å². The Hall–Kier alpha value is -1.84. The van der Waals surface area contributed by atoms with Crippen molar-refractivity contribution in [1.82, 2.24) is 20.2 Å². The first kappa shape index (κ1) is 25.4. The predicted molar refractivity (Wildman–Crippen MR) is 133 cm³/mol. The van der Waals surface area contributed by atoms with Crippen LogP contribution in [0, 0.1) is 17.7 Å². The van der Waals surface area contributed by atoms with E-state index in [4.69, 9.17) is 4.74 Å². The number of ether oxygens (including phenoxy) is 1. The summed E-state index contributed by atoms with van der Waals surface area (Å²) in [7, 11) is 0. The SMILES string of the molecule is CCNC(=NCc1nccn1CC(C)C)NC(C)c1ccc(OCC2CC2)c(F)c1.I. The van der Waals surface area contributed by atoms with Gasteiger partial charge in [-0.1, -0.05) is 19.9 Å². The fourth-order valence-electron chi connectivity index (χ4n) is 3.21. The Morgan fingerprint density at radius 2 is 2.10 bits per heavy atom. The maximum absolute atomic E-state index is 14.4. The minimum atomic E-state index is -0.320. The van der Waals surface area contributed by atoms with Crippen molar-refractivity contribution >= 4 is 29.9 Å². The van der Waals surface area contributed by atoms with Gasteiger partial charge in [-0.25, -0.2) is 14.4 Å². The van der Waals surface area contributed by atoms with E-state index in [0.717, 1.165) is 24.5 Å². The number of hydrogen-bond donors (Lipinski definition) is 2. The van der Waals surface area contributed by atoms with Crippen LogP contribution in [0.1, 0.15) is 58.0 Å². The summed E-state index contributed by atoms with van der Waals surface area (Å²) in [4.78, 5) is 9.11. The minimum Gasteiger partial charge on any atom is -0.490 e. The fourth-order valence-corrected chi connectivity index (χ4v) is 3.21. The number of aliphatic imine (C=N–C) groups is 1. The van der Waals surface area contributed by atoms with Gasteiger partial charge in [-0.2, -0.15) is 0 Å². The first-order valence-electron chi connectivity index (χ1n) is 10.9. The third-order valence-electron chi connectivity index (χ3n) is 5.07. The van der Waals surface area contributed by atoms with Crippen LogP contribution in [0.25, 0.3) is 0 Å². The molecule has 3 rings (SSSR count). The summed E-state index contributed by atoms with van der Waals surface area (Å²) in [6.45, 7) is 11.1. The third kappa shape index (κ3) is 7.97. The monoisotopic (exact) mass is 543 g/mol. The van der Waals surface area contributed by atoms with Crippen molar-refractivity contribution in [3.8, 4) is 5.75 Å². The molecule has 0 amide bonds. The number of rotatable bonds is 10. The molecular formula is C23H35FIN5O. The number of benzene rings is 1. The number of nitrogens with zero attached hydrogens (tertiary/aromatic N) is 3. The maximum atomic E-state index is 14.4. The van der Waals surface area contributed by atoms with Gasteiger partial charge in [-0.3, -0.25) is 0 Å². The summed E-state index contributed by atoms with van der Waals surface area (Å²) in [5.41, 5.74) is 0.846. The Morgan fingerprint density at radius 1 is 1.32 bits per heavy atom. The molecule has 1 atom stereocenters. The van der Waals surface area contributed by atoms with Crippen LogP contribution in [-0.2, 0) is 13.1 Å². The number of nitrogens with one attached hydrogen (secondary N) is 2. The fraction of sp³-hybridized carbons (Fsp3) is 0.565. The van der Waals surface area contributed by atoms with E-state index in [-0.39, 0.29) is 35.8 Å². The topological polar surface area (TPSA) is 63.5 Å². The molecule has 8 heteroatoms. The van der Waals surface area contributed by atoms with Crippen molar-refractivity contribution < 1.29 is 9.13 Å². The summed E-state index contributed by atoms with van der Waals surface area (Å²) in [5, 5.41) is 6.61. The van der Waals surface area contributed by atoms with Crippen LogP contribution >= 0.6 is 24.0 Å². The van der Waals surface area contributed by atoms with Gasteiger partial charge in [0.1, 0.15) is 12.4 Å². The number of hydrogen-bond acceptors (Lipinski definition) is 3. The molecule has 0 saturated heterocycles. The molecule has 1 aliphatic carbocycles. The van der Waals surface area contributed by atoms with Gasteiger partial charge in [0.05, 0.1) is 12.6 Å². The third-order valence-corrected chi connectivity index (χ3v) is 5.07. The van der Waals surface area contributed by atoms with Gasteiger partial charge in [-0.15, -0.1) is 24.0 Å². The molecule has 0 aliphatic heterocycles. The van der Waals surface area contributed by atoms with Crippen LogP contribution in [0.15, 0.2) is 35.6 Å². The van der Waals surface area contributed by atoms with E-state index in [0.29, 0.717) is 36.7 Å². The van der Waals surface area contributed by atoms with Gasteiger partial charge in [0.2, 0.25) is 0 Å². The Balaban J connectivity index is 0.00000341. The lowest BCUT2D eigenvalue weighted by Gasteiger charge is -2.19. The molecule has 1 saturated carbocycles. The van der Waals surface area contributed by atoms with Gasteiger partial charge >= 0.3 is 0 Å². The Kier molecular flexibility index (Phi) is 10.1. The minimum absolute atomic E-state index is 0. The molecule has 1 aromatic carbocycles. The zero-order valence-electron chi connectivity index (χ0n) is 18.9. The van der Waals surface area contributed by atoms with Gasteiger partial charge in [0.25, 0.3) is 0 Å². The smallest absolute Gasteiger partial charge is 0.192 e. The van der Waals surface area contributed by atoms with Crippen molar-refractivity contribution in [3.63, 3.8) is 0 Å². The number of guanidine groups is 1. The summed E-state index contributed by atoms with van der Waals surface area (Å²) >= 11 is 0. The zero-order chi connectivity index (χ0) is 21.5. The largest absolute Gasteiger partial charge is 0.490 e. The maximum Gasteiger partial charge on any atom is 0.192 e. The molecule has 6 nitrogen and oxygen atoms in total. The molecule has 1 fully saturated rings. The molecule has 1 aliphatic rings. The lowest BCUT2D eigenvalue weighted by Crippen LogP contribution is -2.38. The molecule has 0 spiro atoms. The molecule has 172 valence electrons. The molecule has 2 N–H and O–H groups in total. The van der Waals surface area contributed by atoms with E-state index in [1.807, 2.05) is 32.3 Å². The second-order valence-corrected chi connectivity index (χ2v) is 8.40. The normalized spacial score (nSPS) is 14.8. The summed E-state index contributed by atoms with van der Waals surface area (Å²) < 4.78 is 22.2. The summed E-state index contributed by atoms with van der Waals surface area (Å²) in [5.74, 6) is 2.75. The van der Waals surface area contributed by atoms with Crippen LogP contribution in [0.2, 0.25) is 0 Å². The lowest BCUT2D eigenvalue weighted by atomic mass is 10.1. The van der Waals surface area contributed by atoms with E-state index in [2.05, 4.69) is 39.0 Å². The molecule has 1 aromatic heterocycles. The van der Waals surface area contributed by atoms with Gasteiger partial charge in [-0.05, 0) is 56.2 Å². The van der Waals surface area contributed by atoms with Crippen LogP contribution in [-0.4, -0.2) is 28.7 Å². The van der Waals surface area contributed by atoms with Gasteiger partial charge < -0.3 is 19.9 Å². The van der Waals surface area contributed by atoms with Crippen molar-refractivity contribution in [1.29, 1.82) is 0 Å². The molecule has 31 heavy (non-hydrogen) atoms. The van der Waals surface area contributed by atoms with Crippen LogP contribution in [0.5, 0.6) is 5.75 Å². The first-order chi connectivity index (χ1) is 14.5. The Bertz CT molecular complexity index is 850. The Morgan fingerprint density at radius 3 is 2.74 bits per heavy atom. The highest BCUT2D eigenvalue weighted by Crippen LogP contribution is 2.30. The van der Waals surface area contributed by atoms with Gasteiger partial charge in [0, 0.05) is 25.5 Å². The summed E-state index contributed by atoms with van der Waals surface area (Å²) in [6, 6.07) is 5.06. The number of halogens is 2. The van der Waals surface area contributed by atoms with Crippen molar-refractivity contribution in [3.05, 3.63) is 47.8 Å². The van der Waals surface area contributed by atoms with Crippen LogP contribution in [0.4, 0.5) is 4.39 Å². The van der Waals surface area contributed by atoms with Crippen molar-refractivity contribution in [2.75, 3.05) is 13.2 Å².